The van der Waals surface area contributed by atoms with Crippen molar-refractivity contribution in [1.29, 1.82) is 0 Å². The van der Waals surface area contributed by atoms with Crippen molar-refractivity contribution >= 4 is 17.4 Å². The molecule has 0 atom stereocenters. The van der Waals surface area contributed by atoms with Crippen LogP contribution >= 0.6 is 0 Å². The molecule has 7 nitrogen and oxygen atoms in total. The number of nitrogens with zero attached hydrogens (tertiary/aromatic N) is 2. The van der Waals surface area contributed by atoms with Crippen molar-refractivity contribution < 1.29 is 18.3 Å². The van der Waals surface area contributed by atoms with Gasteiger partial charge in [0, 0.05) is 23.1 Å². The number of ether oxygens (including phenoxy) is 1. The number of benzene rings is 2. The molecule has 0 aliphatic heterocycles. The van der Waals surface area contributed by atoms with Crippen LogP contribution < -0.4 is 21.3 Å². The number of pyridine rings is 2. The maximum atomic E-state index is 14.5. The predicted molar refractivity (Wildman–Crippen MR) is 120 cm³/mol. The zero-order chi connectivity index (χ0) is 23.5. The van der Waals surface area contributed by atoms with Gasteiger partial charge in [0.1, 0.15) is 22.9 Å². The summed E-state index contributed by atoms with van der Waals surface area (Å²) in [6.45, 7) is 1.69. The average molecular weight is 448 g/mol. The van der Waals surface area contributed by atoms with Crippen LogP contribution in [-0.2, 0) is 0 Å². The minimum Gasteiger partial charge on any atom is -0.453 e. The minimum absolute atomic E-state index is 0.0754. The highest BCUT2D eigenvalue weighted by molar-refractivity contribution is 6.04. The topological polar surface area (TPSA) is 99.2 Å². The summed E-state index contributed by atoms with van der Waals surface area (Å²) >= 11 is 0. The lowest BCUT2D eigenvalue weighted by Crippen LogP contribution is -2.29. The normalized spacial score (nSPS) is 10.6. The summed E-state index contributed by atoms with van der Waals surface area (Å²) in [4.78, 5) is 29.6. The molecule has 1 amide bonds. The molecule has 0 saturated carbocycles. The molecule has 9 heteroatoms. The van der Waals surface area contributed by atoms with E-state index in [0.717, 1.165) is 6.07 Å². The standard InChI is InChI=1S/C24H18F2N4O3/c1-14-2-9-19(24(32)30(14)17-6-3-15(25)4-7-17)23(31)29-16-5-10-21(20(26)12-16)33-18-8-11-22(27)28-13-18/h2-13H,1H3,(H2,27,28)(H,29,31). The zero-order valence-electron chi connectivity index (χ0n) is 17.4. The highest BCUT2D eigenvalue weighted by atomic mass is 19.1. The maximum Gasteiger partial charge on any atom is 0.268 e. The second-order valence-corrected chi connectivity index (χ2v) is 7.13. The Kier molecular flexibility index (Phi) is 5.86. The van der Waals surface area contributed by atoms with Gasteiger partial charge in [-0.15, -0.1) is 0 Å². The van der Waals surface area contributed by atoms with Gasteiger partial charge in [-0.25, -0.2) is 13.8 Å². The summed E-state index contributed by atoms with van der Waals surface area (Å²) in [5.74, 6) is -1.37. The molecule has 3 N–H and O–H groups in total. The molecule has 0 aliphatic rings. The van der Waals surface area contributed by atoms with E-state index < -0.39 is 23.1 Å². The maximum absolute atomic E-state index is 14.5. The van der Waals surface area contributed by atoms with Crippen LogP contribution in [0.25, 0.3) is 5.69 Å². The van der Waals surface area contributed by atoms with Gasteiger partial charge in [-0.1, -0.05) is 0 Å². The minimum atomic E-state index is -0.725. The number of anilines is 2. The summed E-state index contributed by atoms with van der Waals surface area (Å²) in [6, 6.07) is 15.2. The second-order valence-electron chi connectivity index (χ2n) is 7.13. The Morgan fingerprint density at radius 3 is 2.45 bits per heavy atom. The largest absolute Gasteiger partial charge is 0.453 e. The fourth-order valence-electron chi connectivity index (χ4n) is 3.15. The third-order valence-electron chi connectivity index (χ3n) is 4.78. The Bertz CT molecular complexity index is 1380. The van der Waals surface area contributed by atoms with Crippen molar-refractivity contribution in [2.75, 3.05) is 11.1 Å². The summed E-state index contributed by atoms with van der Waals surface area (Å²) in [5.41, 5.74) is 5.88. The number of hydrogen-bond acceptors (Lipinski definition) is 5. The first-order valence-electron chi connectivity index (χ1n) is 9.81. The van der Waals surface area contributed by atoms with Crippen LogP contribution in [-0.4, -0.2) is 15.5 Å². The molecule has 0 aliphatic carbocycles. The third-order valence-corrected chi connectivity index (χ3v) is 4.78. The number of rotatable bonds is 5. The fraction of sp³-hybridized carbons (Fsp3) is 0.0417. The van der Waals surface area contributed by atoms with Gasteiger partial charge in [0.25, 0.3) is 11.5 Å². The fourth-order valence-corrected chi connectivity index (χ4v) is 3.15. The molecule has 0 spiro atoms. The van der Waals surface area contributed by atoms with E-state index in [1.54, 1.807) is 19.1 Å². The number of carbonyl (C=O) groups is 1. The number of amides is 1. The second kappa shape index (κ2) is 8.91. The predicted octanol–water partition coefficient (Wildman–Crippen LogP) is 4.45. The smallest absolute Gasteiger partial charge is 0.268 e. The molecule has 0 radical (unpaired) electrons. The molecular formula is C24H18F2N4O3. The number of aryl methyl sites for hydroxylation is 1. The van der Waals surface area contributed by atoms with E-state index in [2.05, 4.69) is 10.3 Å². The Balaban J connectivity index is 1.56. The van der Waals surface area contributed by atoms with Crippen LogP contribution in [0.4, 0.5) is 20.3 Å². The molecule has 4 aromatic rings. The molecular weight excluding hydrogens is 430 g/mol. The van der Waals surface area contributed by atoms with E-state index in [1.165, 1.54) is 59.3 Å². The van der Waals surface area contributed by atoms with E-state index in [4.69, 9.17) is 10.5 Å². The highest BCUT2D eigenvalue weighted by Gasteiger charge is 2.16. The molecule has 2 heterocycles. The van der Waals surface area contributed by atoms with Gasteiger partial charge < -0.3 is 15.8 Å². The van der Waals surface area contributed by atoms with E-state index >= 15 is 0 Å². The molecule has 2 aromatic heterocycles. The van der Waals surface area contributed by atoms with Crippen LogP contribution in [0.2, 0.25) is 0 Å². The SMILES string of the molecule is Cc1ccc(C(=O)Nc2ccc(Oc3ccc(N)nc3)c(F)c2)c(=O)n1-c1ccc(F)cc1. The number of carbonyl (C=O) groups excluding carboxylic acids is 1. The Hall–Kier alpha value is -4.53. The summed E-state index contributed by atoms with van der Waals surface area (Å²) in [5, 5.41) is 2.51. The van der Waals surface area contributed by atoms with Crippen molar-refractivity contribution in [3.05, 3.63) is 106 Å². The van der Waals surface area contributed by atoms with Gasteiger partial charge in [-0.2, -0.15) is 0 Å². The Labute approximate surface area is 187 Å². The first-order chi connectivity index (χ1) is 15.8. The Morgan fingerprint density at radius 2 is 1.79 bits per heavy atom. The summed E-state index contributed by atoms with van der Waals surface area (Å²) in [6.07, 6.45) is 1.36. The summed E-state index contributed by atoms with van der Waals surface area (Å²) < 4.78 is 34.5. The molecule has 2 aromatic carbocycles. The van der Waals surface area contributed by atoms with Crippen molar-refractivity contribution in [2.45, 2.75) is 6.92 Å². The third kappa shape index (κ3) is 4.72. The van der Waals surface area contributed by atoms with Crippen LogP contribution in [0.3, 0.4) is 0 Å². The molecule has 0 unspecified atom stereocenters. The Morgan fingerprint density at radius 1 is 1.03 bits per heavy atom. The van der Waals surface area contributed by atoms with Crippen molar-refractivity contribution in [3.63, 3.8) is 0 Å². The first-order valence-corrected chi connectivity index (χ1v) is 9.81. The molecule has 0 bridgehead atoms. The van der Waals surface area contributed by atoms with Crippen LogP contribution in [0.15, 0.2) is 77.7 Å². The highest BCUT2D eigenvalue weighted by Crippen LogP contribution is 2.26. The number of nitrogens with two attached hydrogens (primary N) is 1. The van der Waals surface area contributed by atoms with Gasteiger partial charge >= 0.3 is 0 Å². The number of aromatic nitrogens is 2. The van der Waals surface area contributed by atoms with Gasteiger partial charge in [-0.3, -0.25) is 14.2 Å². The monoisotopic (exact) mass is 448 g/mol. The number of halogens is 2. The lowest BCUT2D eigenvalue weighted by Gasteiger charge is -2.13. The lowest BCUT2D eigenvalue weighted by atomic mass is 10.2. The van der Waals surface area contributed by atoms with Crippen LogP contribution in [0.5, 0.6) is 11.5 Å². The number of hydrogen-bond donors (Lipinski definition) is 2. The molecule has 33 heavy (non-hydrogen) atoms. The molecule has 0 saturated heterocycles. The van der Waals surface area contributed by atoms with Gasteiger partial charge in [0.15, 0.2) is 11.6 Å². The molecule has 0 fully saturated rings. The van der Waals surface area contributed by atoms with E-state index in [1.807, 2.05) is 0 Å². The van der Waals surface area contributed by atoms with E-state index in [0.29, 0.717) is 22.9 Å². The van der Waals surface area contributed by atoms with E-state index in [9.17, 15) is 18.4 Å². The lowest BCUT2D eigenvalue weighted by molar-refractivity contribution is 0.102. The van der Waals surface area contributed by atoms with Crippen LogP contribution in [0.1, 0.15) is 16.1 Å². The van der Waals surface area contributed by atoms with Crippen molar-refractivity contribution in [2.24, 2.45) is 0 Å². The van der Waals surface area contributed by atoms with E-state index in [-0.39, 0.29) is 17.0 Å². The number of nitrogens with one attached hydrogen (secondary N) is 1. The quantitative estimate of drug-likeness (QED) is 0.470. The molecule has 4 rings (SSSR count). The van der Waals surface area contributed by atoms with Crippen LogP contribution in [0, 0.1) is 18.6 Å². The van der Waals surface area contributed by atoms with Crippen molar-refractivity contribution in [3.8, 4) is 17.2 Å². The zero-order valence-corrected chi connectivity index (χ0v) is 17.4. The van der Waals surface area contributed by atoms with Gasteiger partial charge in [-0.05, 0) is 67.6 Å². The van der Waals surface area contributed by atoms with Gasteiger partial charge in [0.2, 0.25) is 0 Å². The first kappa shape index (κ1) is 21.7. The van der Waals surface area contributed by atoms with Crippen molar-refractivity contribution in [1.82, 2.24) is 9.55 Å². The number of nitrogen functional groups attached to an aromatic ring is 1. The average Bonchev–Trinajstić information content (AvgIpc) is 2.78. The van der Waals surface area contributed by atoms with Gasteiger partial charge in [0.05, 0.1) is 6.20 Å². The molecule has 166 valence electrons. The summed E-state index contributed by atoms with van der Waals surface area (Å²) in [7, 11) is 0.